The molecular weight excluding hydrogens is 523 g/mol. The van der Waals surface area contributed by atoms with Gasteiger partial charge in [0.15, 0.2) is 0 Å². The van der Waals surface area contributed by atoms with Crippen LogP contribution in [-0.4, -0.2) is 69.0 Å². The fraction of sp³-hybridized carbons (Fsp3) is 0.281. The van der Waals surface area contributed by atoms with Crippen LogP contribution in [-0.2, 0) is 29.6 Å². The number of halogens is 1. The molecule has 3 atom stereocenters. The van der Waals surface area contributed by atoms with Gasteiger partial charge in [0.05, 0.1) is 11.7 Å². The fourth-order valence-electron chi connectivity index (χ4n) is 5.52. The number of nitrogens with one attached hydrogen (secondary N) is 1. The van der Waals surface area contributed by atoms with Crippen LogP contribution in [0, 0.1) is 5.82 Å². The number of aliphatic hydroxyl groups excluding tert-OH is 1. The van der Waals surface area contributed by atoms with Crippen LogP contribution in [0.15, 0.2) is 85.1 Å². The van der Waals surface area contributed by atoms with Crippen molar-refractivity contribution < 1.29 is 23.9 Å². The molecule has 1 aromatic heterocycles. The number of carbonyl (C=O) groups excluding carboxylic acids is 3. The number of fused-ring (bicyclic) bond motifs is 1. The summed E-state index contributed by atoms with van der Waals surface area (Å²) in [5, 5.41) is 14.1. The zero-order chi connectivity index (χ0) is 29.1. The summed E-state index contributed by atoms with van der Waals surface area (Å²) in [4.78, 5) is 43.9. The van der Waals surface area contributed by atoms with Crippen LogP contribution in [0.2, 0.25) is 0 Å². The van der Waals surface area contributed by atoms with Gasteiger partial charge >= 0.3 is 0 Å². The van der Waals surface area contributed by atoms with Crippen molar-refractivity contribution in [2.45, 2.75) is 37.6 Å². The highest BCUT2D eigenvalue weighted by Crippen LogP contribution is 2.26. The van der Waals surface area contributed by atoms with Crippen LogP contribution in [0.5, 0.6) is 0 Å². The zero-order valence-corrected chi connectivity index (χ0v) is 23.0. The molecule has 1 unspecified atom stereocenters. The lowest BCUT2D eigenvalue weighted by atomic mass is 10.0. The third kappa shape index (κ3) is 6.15. The Hall–Kier alpha value is -4.50. The number of carbonyl (C=O) groups is 3. The standard InChI is InChI=1S/C32H33FN4O4/c1-35-20-26(25-13-6-7-14-28(25)35)31(40)37-19-24(38)17-29(37)30(39)34-27(16-22-11-8-12-23(33)15-22)32(41)36(2)18-21-9-4-3-5-10-21/h3-15,20,24,27,29,38H,16-19H2,1-2H3,(H,34,39)/t24-,27-,29?/m1/s1. The topological polar surface area (TPSA) is 94.9 Å². The van der Waals surface area contributed by atoms with E-state index in [2.05, 4.69) is 5.32 Å². The van der Waals surface area contributed by atoms with Gasteiger partial charge in [0.2, 0.25) is 11.8 Å². The molecule has 0 spiro atoms. The van der Waals surface area contributed by atoms with Gasteiger partial charge in [-0.15, -0.1) is 0 Å². The number of hydrogen-bond donors (Lipinski definition) is 2. The Morgan fingerprint density at radius 1 is 1.02 bits per heavy atom. The second-order valence-electron chi connectivity index (χ2n) is 10.6. The Balaban J connectivity index is 1.38. The first-order valence-corrected chi connectivity index (χ1v) is 13.6. The summed E-state index contributed by atoms with van der Waals surface area (Å²) >= 11 is 0. The van der Waals surface area contributed by atoms with Crippen molar-refractivity contribution in [1.29, 1.82) is 0 Å². The van der Waals surface area contributed by atoms with Gasteiger partial charge in [-0.1, -0.05) is 60.7 Å². The SMILES string of the molecule is CN(Cc1ccccc1)C(=O)[C@@H](Cc1cccc(F)c1)NC(=O)C1C[C@@H](O)CN1C(=O)c1cn(C)c2ccccc12. The molecule has 2 N–H and O–H groups in total. The number of likely N-dealkylation sites (tertiary alicyclic amines) is 1. The molecule has 212 valence electrons. The molecular formula is C32H33FN4O4. The molecule has 3 amide bonds. The smallest absolute Gasteiger partial charge is 0.256 e. The number of amides is 3. The predicted molar refractivity (Wildman–Crippen MR) is 153 cm³/mol. The maximum absolute atomic E-state index is 14.0. The van der Waals surface area contributed by atoms with Gasteiger partial charge < -0.3 is 24.8 Å². The largest absolute Gasteiger partial charge is 0.391 e. The van der Waals surface area contributed by atoms with Gasteiger partial charge in [-0.25, -0.2) is 4.39 Å². The lowest BCUT2D eigenvalue weighted by molar-refractivity contribution is -0.136. The summed E-state index contributed by atoms with van der Waals surface area (Å²) in [5.41, 5.74) is 2.78. The number of rotatable bonds is 8. The minimum atomic E-state index is -1.01. The number of likely N-dealkylation sites (N-methyl/N-ethyl adjacent to an activating group) is 1. The van der Waals surface area contributed by atoms with E-state index in [1.807, 2.05) is 66.2 Å². The molecule has 0 radical (unpaired) electrons. The summed E-state index contributed by atoms with van der Waals surface area (Å²) < 4.78 is 15.8. The van der Waals surface area contributed by atoms with Crippen LogP contribution in [0.1, 0.15) is 27.9 Å². The van der Waals surface area contributed by atoms with E-state index in [-0.39, 0.29) is 31.2 Å². The summed E-state index contributed by atoms with van der Waals surface area (Å²) in [5.74, 6) is -1.70. The molecule has 0 aliphatic carbocycles. The molecule has 9 heteroatoms. The molecule has 8 nitrogen and oxygen atoms in total. The normalized spacial score (nSPS) is 17.4. The molecule has 1 aliphatic rings. The van der Waals surface area contributed by atoms with E-state index in [1.54, 1.807) is 25.4 Å². The van der Waals surface area contributed by atoms with Crippen molar-refractivity contribution in [3.8, 4) is 0 Å². The molecule has 3 aromatic carbocycles. The highest BCUT2D eigenvalue weighted by molar-refractivity contribution is 6.08. The van der Waals surface area contributed by atoms with Crippen molar-refractivity contribution in [3.05, 3.63) is 108 Å². The number of β-amino-alcohol motifs (C(OH)–C–C–N with tert-alkyl or cyclic N) is 1. The van der Waals surface area contributed by atoms with Crippen molar-refractivity contribution in [2.75, 3.05) is 13.6 Å². The van der Waals surface area contributed by atoms with Gasteiger partial charge in [0.1, 0.15) is 17.9 Å². The van der Waals surface area contributed by atoms with E-state index in [1.165, 1.54) is 21.9 Å². The molecule has 41 heavy (non-hydrogen) atoms. The molecule has 0 bridgehead atoms. The highest BCUT2D eigenvalue weighted by atomic mass is 19.1. The number of aromatic nitrogens is 1. The molecule has 2 heterocycles. The maximum atomic E-state index is 14.0. The van der Waals surface area contributed by atoms with Crippen LogP contribution < -0.4 is 5.32 Å². The number of nitrogens with zero attached hydrogens (tertiary/aromatic N) is 3. The number of aryl methyl sites for hydroxylation is 1. The molecule has 1 aliphatic heterocycles. The zero-order valence-electron chi connectivity index (χ0n) is 23.0. The first kappa shape index (κ1) is 28.0. The van der Waals surface area contributed by atoms with Gasteiger partial charge in [0.25, 0.3) is 5.91 Å². The first-order chi connectivity index (χ1) is 19.7. The van der Waals surface area contributed by atoms with Crippen molar-refractivity contribution in [1.82, 2.24) is 19.7 Å². The van der Waals surface area contributed by atoms with Crippen LogP contribution in [0.3, 0.4) is 0 Å². The molecule has 5 rings (SSSR count). The third-order valence-electron chi connectivity index (χ3n) is 7.55. The minimum absolute atomic E-state index is 0.00341. The van der Waals surface area contributed by atoms with E-state index in [0.717, 1.165) is 16.5 Å². The second-order valence-corrected chi connectivity index (χ2v) is 10.6. The molecule has 0 saturated carbocycles. The average Bonchev–Trinajstić information content (AvgIpc) is 3.52. The summed E-state index contributed by atoms with van der Waals surface area (Å²) in [6.45, 7) is 0.319. The summed E-state index contributed by atoms with van der Waals surface area (Å²) in [7, 11) is 3.49. The van der Waals surface area contributed by atoms with E-state index < -0.39 is 29.9 Å². The van der Waals surface area contributed by atoms with Crippen LogP contribution in [0.4, 0.5) is 4.39 Å². The molecule has 4 aromatic rings. The number of para-hydroxylation sites is 1. The first-order valence-electron chi connectivity index (χ1n) is 13.6. The lowest BCUT2D eigenvalue weighted by Gasteiger charge is -2.28. The fourth-order valence-corrected chi connectivity index (χ4v) is 5.52. The second kappa shape index (κ2) is 11.9. The van der Waals surface area contributed by atoms with Gasteiger partial charge in [0, 0.05) is 57.1 Å². The van der Waals surface area contributed by atoms with Crippen molar-refractivity contribution in [3.63, 3.8) is 0 Å². The van der Waals surface area contributed by atoms with E-state index in [9.17, 15) is 23.9 Å². The molecule has 1 fully saturated rings. The van der Waals surface area contributed by atoms with Gasteiger partial charge in [-0.3, -0.25) is 14.4 Å². The number of aliphatic hydroxyl groups is 1. The highest BCUT2D eigenvalue weighted by Gasteiger charge is 2.41. The summed E-state index contributed by atoms with van der Waals surface area (Å²) in [6.07, 6.45) is 0.946. The van der Waals surface area contributed by atoms with Crippen LogP contribution in [0.25, 0.3) is 10.9 Å². The Bertz CT molecular complexity index is 1570. The maximum Gasteiger partial charge on any atom is 0.256 e. The number of benzene rings is 3. The Morgan fingerprint density at radius 3 is 2.49 bits per heavy atom. The van der Waals surface area contributed by atoms with Crippen molar-refractivity contribution in [2.24, 2.45) is 7.05 Å². The van der Waals surface area contributed by atoms with E-state index >= 15 is 0 Å². The Kier molecular flexibility index (Phi) is 8.16. The van der Waals surface area contributed by atoms with E-state index in [0.29, 0.717) is 17.7 Å². The lowest BCUT2D eigenvalue weighted by Crippen LogP contribution is -2.54. The van der Waals surface area contributed by atoms with Crippen molar-refractivity contribution >= 4 is 28.6 Å². The minimum Gasteiger partial charge on any atom is -0.391 e. The summed E-state index contributed by atoms with van der Waals surface area (Å²) in [6, 6.07) is 20.9. The third-order valence-corrected chi connectivity index (χ3v) is 7.55. The van der Waals surface area contributed by atoms with Gasteiger partial charge in [-0.2, -0.15) is 0 Å². The Morgan fingerprint density at radius 2 is 1.73 bits per heavy atom. The average molecular weight is 557 g/mol. The Labute approximate surface area is 238 Å². The quantitative estimate of drug-likeness (QED) is 0.348. The number of hydrogen-bond acceptors (Lipinski definition) is 4. The van der Waals surface area contributed by atoms with Crippen LogP contribution >= 0.6 is 0 Å². The monoisotopic (exact) mass is 556 g/mol. The molecule has 1 saturated heterocycles. The van der Waals surface area contributed by atoms with Gasteiger partial charge in [-0.05, 0) is 29.3 Å². The predicted octanol–water partition coefficient (Wildman–Crippen LogP) is 3.28. The van der Waals surface area contributed by atoms with E-state index in [4.69, 9.17) is 0 Å².